The zero-order valence-corrected chi connectivity index (χ0v) is 16.8. The fraction of sp³-hybridized carbons (Fsp3) is 0.250. The molecule has 0 N–H and O–H groups in total. The molecule has 0 saturated heterocycles. The number of Topliss-reactive ketones (excluding diaryl/α,β-unsaturated/α-hetero) is 1. The van der Waals surface area contributed by atoms with Crippen LogP contribution in [0.4, 0.5) is 0 Å². The average molecular weight is 403 g/mol. The van der Waals surface area contributed by atoms with E-state index in [-0.39, 0.29) is 23.4 Å². The summed E-state index contributed by atoms with van der Waals surface area (Å²) in [5.74, 6) is 1.38. The van der Waals surface area contributed by atoms with Gasteiger partial charge >= 0.3 is 5.97 Å². The molecular weight excluding hydrogens is 382 g/mol. The van der Waals surface area contributed by atoms with Crippen molar-refractivity contribution < 1.29 is 23.8 Å². The van der Waals surface area contributed by atoms with Gasteiger partial charge in [0.2, 0.25) is 5.78 Å². The summed E-state index contributed by atoms with van der Waals surface area (Å²) in [6, 6.07) is 10.8. The summed E-state index contributed by atoms with van der Waals surface area (Å²) in [7, 11) is 1.63. The third-order valence-electron chi connectivity index (χ3n) is 5.52. The number of nitrogens with zero attached hydrogens (tertiary/aromatic N) is 1. The summed E-state index contributed by atoms with van der Waals surface area (Å²) in [6.45, 7) is 2.87. The van der Waals surface area contributed by atoms with Crippen molar-refractivity contribution in [1.82, 2.24) is 4.57 Å². The third-order valence-corrected chi connectivity index (χ3v) is 5.52. The third kappa shape index (κ3) is 3.14. The fourth-order valence-electron chi connectivity index (χ4n) is 3.70. The van der Waals surface area contributed by atoms with Crippen LogP contribution in [-0.4, -0.2) is 23.4 Å². The molecule has 1 aromatic heterocycles. The van der Waals surface area contributed by atoms with Crippen molar-refractivity contribution in [3.8, 4) is 17.2 Å². The summed E-state index contributed by atoms with van der Waals surface area (Å²) < 4.78 is 18.7. The van der Waals surface area contributed by atoms with Crippen LogP contribution in [0.25, 0.3) is 17.0 Å². The van der Waals surface area contributed by atoms with Crippen molar-refractivity contribution in [2.45, 2.75) is 26.3 Å². The monoisotopic (exact) mass is 403 g/mol. The maximum Gasteiger partial charge on any atom is 0.314 e. The molecule has 152 valence electrons. The highest BCUT2D eigenvalue weighted by molar-refractivity contribution is 6.15. The van der Waals surface area contributed by atoms with Gasteiger partial charge < -0.3 is 18.8 Å². The number of hydrogen-bond donors (Lipinski definition) is 0. The lowest BCUT2D eigenvalue weighted by Gasteiger charge is -2.04. The van der Waals surface area contributed by atoms with Gasteiger partial charge in [-0.3, -0.25) is 9.59 Å². The maximum atomic E-state index is 12.9. The van der Waals surface area contributed by atoms with Crippen molar-refractivity contribution >= 4 is 28.7 Å². The van der Waals surface area contributed by atoms with Gasteiger partial charge in [0.1, 0.15) is 17.2 Å². The summed E-state index contributed by atoms with van der Waals surface area (Å²) >= 11 is 0. The molecule has 0 unspecified atom stereocenters. The number of fused-ring (bicyclic) bond motifs is 2. The molecular formula is C24H21NO5. The normalized spacial score (nSPS) is 16.6. The van der Waals surface area contributed by atoms with Gasteiger partial charge in [-0.15, -0.1) is 0 Å². The van der Waals surface area contributed by atoms with Crippen molar-refractivity contribution in [1.29, 1.82) is 0 Å². The van der Waals surface area contributed by atoms with Crippen LogP contribution in [0, 0.1) is 5.92 Å². The second kappa shape index (κ2) is 7.06. The number of allylic oxidation sites excluding steroid dienone is 1. The van der Waals surface area contributed by atoms with Crippen LogP contribution >= 0.6 is 0 Å². The Bertz CT molecular complexity index is 1220. The lowest BCUT2D eigenvalue weighted by Crippen LogP contribution is -2.09. The highest BCUT2D eigenvalue weighted by atomic mass is 16.5. The molecule has 6 nitrogen and oxygen atoms in total. The number of methoxy groups -OCH3 is 1. The number of hydrogen-bond acceptors (Lipinski definition) is 5. The second-order valence-corrected chi connectivity index (χ2v) is 7.55. The molecule has 5 rings (SSSR count). The van der Waals surface area contributed by atoms with Gasteiger partial charge in [0.05, 0.1) is 18.6 Å². The molecule has 0 bridgehead atoms. The van der Waals surface area contributed by atoms with E-state index < -0.39 is 0 Å². The predicted molar refractivity (Wildman–Crippen MR) is 112 cm³/mol. The summed E-state index contributed by atoms with van der Waals surface area (Å²) in [4.78, 5) is 24.8. The summed E-state index contributed by atoms with van der Waals surface area (Å²) in [5.41, 5.74) is 2.40. The number of ketones is 1. The first-order valence-electron chi connectivity index (χ1n) is 10.0. The van der Waals surface area contributed by atoms with Gasteiger partial charge in [-0.2, -0.15) is 0 Å². The molecule has 2 aromatic carbocycles. The quantitative estimate of drug-likeness (QED) is 0.354. The van der Waals surface area contributed by atoms with Crippen molar-refractivity contribution in [3.63, 3.8) is 0 Å². The number of esters is 1. The van der Waals surface area contributed by atoms with Gasteiger partial charge in [0.15, 0.2) is 5.76 Å². The van der Waals surface area contributed by atoms with Crippen LogP contribution < -0.4 is 14.2 Å². The van der Waals surface area contributed by atoms with Crippen LogP contribution in [0.5, 0.6) is 17.2 Å². The summed E-state index contributed by atoms with van der Waals surface area (Å²) in [5, 5.41) is 0.982. The molecule has 0 atom stereocenters. The zero-order chi connectivity index (χ0) is 20.8. The molecule has 1 fully saturated rings. The topological polar surface area (TPSA) is 66.8 Å². The molecule has 1 saturated carbocycles. The van der Waals surface area contributed by atoms with Crippen molar-refractivity contribution in [2.75, 3.05) is 7.11 Å². The SMILES string of the molecule is CCn1cc(/C=C2/Oc3cc(OC(=O)C4CC4)ccc3C2=O)c2cc(OC)ccc21. The standard InChI is InChI=1S/C24H21NO5/c1-3-25-13-15(19-11-16(28-2)7-9-20(19)25)10-22-23(26)18-8-6-17(12-21(18)30-22)29-24(27)14-4-5-14/h6-14H,3-5H2,1-2H3/b22-10+. The van der Waals surface area contributed by atoms with E-state index in [1.54, 1.807) is 31.4 Å². The minimum Gasteiger partial charge on any atom is -0.497 e. The second-order valence-electron chi connectivity index (χ2n) is 7.55. The number of carbonyl (C=O) groups excluding carboxylic acids is 2. The lowest BCUT2D eigenvalue weighted by atomic mass is 10.1. The Morgan fingerprint density at radius 1 is 1.20 bits per heavy atom. The number of rotatable bonds is 5. The number of carbonyl (C=O) groups is 2. The van der Waals surface area contributed by atoms with Crippen LogP contribution in [0.3, 0.4) is 0 Å². The van der Waals surface area contributed by atoms with Crippen LogP contribution in [0.2, 0.25) is 0 Å². The maximum absolute atomic E-state index is 12.9. The Labute approximate surface area is 173 Å². The first kappa shape index (κ1) is 18.5. The fourth-order valence-corrected chi connectivity index (χ4v) is 3.70. The number of aromatic nitrogens is 1. The first-order chi connectivity index (χ1) is 14.6. The molecule has 2 heterocycles. The van der Waals surface area contributed by atoms with Gasteiger partial charge in [-0.1, -0.05) is 0 Å². The van der Waals surface area contributed by atoms with E-state index in [1.165, 1.54) is 0 Å². The van der Waals surface area contributed by atoms with Crippen LogP contribution in [0.15, 0.2) is 48.4 Å². The Hall–Kier alpha value is -3.54. The average Bonchev–Trinajstić information content (AvgIpc) is 3.50. The van der Waals surface area contributed by atoms with E-state index in [4.69, 9.17) is 14.2 Å². The van der Waals surface area contributed by atoms with Gasteiger partial charge in [0.25, 0.3) is 0 Å². The molecule has 3 aromatic rings. The Kier molecular flexibility index (Phi) is 4.35. The number of ether oxygens (including phenoxy) is 3. The molecule has 1 aliphatic carbocycles. The predicted octanol–water partition coefficient (Wildman–Crippen LogP) is 4.60. The van der Waals surface area contributed by atoms with E-state index in [9.17, 15) is 9.59 Å². The first-order valence-corrected chi connectivity index (χ1v) is 10.0. The minimum absolute atomic E-state index is 0.00383. The van der Waals surface area contributed by atoms with Crippen LogP contribution in [-0.2, 0) is 11.3 Å². The highest BCUT2D eigenvalue weighted by Crippen LogP contribution is 2.37. The van der Waals surface area contributed by atoms with Crippen molar-refractivity contribution in [3.05, 3.63) is 59.5 Å². The van der Waals surface area contributed by atoms with E-state index in [0.29, 0.717) is 17.1 Å². The Balaban J connectivity index is 1.48. The van der Waals surface area contributed by atoms with E-state index in [1.807, 2.05) is 24.4 Å². The number of benzene rings is 2. The van der Waals surface area contributed by atoms with Crippen LogP contribution in [0.1, 0.15) is 35.7 Å². The van der Waals surface area contributed by atoms with E-state index in [0.717, 1.165) is 41.6 Å². The molecule has 1 aliphatic heterocycles. The largest absolute Gasteiger partial charge is 0.497 e. The van der Waals surface area contributed by atoms with Gasteiger partial charge in [-0.25, -0.2) is 0 Å². The Morgan fingerprint density at radius 3 is 2.73 bits per heavy atom. The molecule has 2 aliphatic rings. The Morgan fingerprint density at radius 2 is 2.00 bits per heavy atom. The highest BCUT2D eigenvalue weighted by Gasteiger charge is 2.33. The smallest absolute Gasteiger partial charge is 0.314 e. The van der Waals surface area contributed by atoms with Crippen molar-refractivity contribution in [2.24, 2.45) is 5.92 Å². The molecule has 0 spiro atoms. The number of aryl methyl sites for hydroxylation is 1. The zero-order valence-electron chi connectivity index (χ0n) is 16.8. The minimum atomic E-state index is -0.226. The molecule has 30 heavy (non-hydrogen) atoms. The molecule has 6 heteroatoms. The van der Waals surface area contributed by atoms with Gasteiger partial charge in [-0.05, 0) is 56.2 Å². The summed E-state index contributed by atoms with van der Waals surface area (Å²) in [6.07, 6.45) is 5.51. The molecule has 0 amide bonds. The van der Waals surface area contributed by atoms with E-state index in [2.05, 4.69) is 11.5 Å². The lowest BCUT2D eigenvalue weighted by molar-refractivity contribution is -0.135. The van der Waals surface area contributed by atoms with E-state index >= 15 is 0 Å². The van der Waals surface area contributed by atoms with Gasteiger partial charge in [0, 0.05) is 35.3 Å². The molecule has 0 radical (unpaired) electrons.